The van der Waals surface area contributed by atoms with Gasteiger partial charge in [-0.3, -0.25) is 0 Å². The molecule has 1 fully saturated rings. The van der Waals surface area contributed by atoms with Gasteiger partial charge < -0.3 is 9.84 Å². The summed E-state index contributed by atoms with van der Waals surface area (Å²) in [4.78, 5) is 10.8. The maximum Gasteiger partial charge on any atom is 0.335 e. The standard InChI is InChI=1S/C12H14ClNO5S/c1-8-7-19-5-4-14(8)20(17,18)11-6-9(12(15)16)2-3-10(11)13/h2-3,6,8H,4-5,7H2,1H3,(H,15,16). The summed E-state index contributed by atoms with van der Waals surface area (Å²) in [5, 5.41) is 8.96. The lowest BCUT2D eigenvalue weighted by Gasteiger charge is -2.32. The summed E-state index contributed by atoms with van der Waals surface area (Å²) in [6.45, 7) is 2.55. The Bertz CT molecular complexity index is 631. The second kappa shape index (κ2) is 5.69. The zero-order valence-corrected chi connectivity index (χ0v) is 12.3. The molecule has 1 heterocycles. The average Bonchev–Trinajstić information content (AvgIpc) is 2.39. The maximum absolute atomic E-state index is 12.6. The Balaban J connectivity index is 2.48. The maximum atomic E-state index is 12.6. The third kappa shape index (κ3) is 2.80. The first-order chi connectivity index (χ1) is 9.34. The van der Waals surface area contributed by atoms with E-state index in [0.717, 1.165) is 6.07 Å². The number of ether oxygens (including phenoxy) is 1. The van der Waals surface area contributed by atoms with Gasteiger partial charge in [-0.2, -0.15) is 4.31 Å². The van der Waals surface area contributed by atoms with Gasteiger partial charge in [0.2, 0.25) is 10.0 Å². The lowest BCUT2D eigenvalue weighted by Crippen LogP contribution is -2.47. The van der Waals surface area contributed by atoms with E-state index in [9.17, 15) is 13.2 Å². The molecule has 1 aliphatic rings. The highest BCUT2D eigenvalue weighted by atomic mass is 35.5. The van der Waals surface area contributed by atoms with Crippen LogP contribution in [0.5, 0.6) is 0 Å². The van der Waals surface area contributed by atoms with E-state index >= 15 is 0 Å². The molecule has 20 heavy (non-hydrogen) atoms. The highest BCUT2D eigenvalue weighted by molar-refractivity contribution is 7.89. The fourth-order valence-corrected chi connectivity index (χ4v) is 4.13. The molecule has 2 rings (SSSR count). The van der Waals surface area contributed by atoms with Crippen LogP contribution in [-0.2, 0) is 14.8 Å². The molecule has 0 spiro atoms. The normalized spacial score (nSPS) is 20.8. The number of carbonyl (C=O) groups is 1. The average molecular weight is 320 g/mol. The molecule has 1 N–H and O–H groups in total. The topological polar surface area (TPSA) is 83.9 Å². The van der Waals surface area contributed by atoms with E-state index in [-0.39, 0.29) is 28.1 Å². The largest absolute Gasteiger partial charge is 0.478 e. The van der Waals surface area contributed by atoms with Gasteiger partial charge in [0.15, 0.2) is 0 Å². The zero-order chi connectivity index (χ0) is 14.9. The molecular formula is C12H14ClNO5S. The molecule has 0 aliphatic carbocycles. The van der Waals surface area contributed by atoms with Gasteiger partial charge in [0, 0.05) is 12.6 Å². The fraction of sp³-hybridized carbons (Fsp3) is 0.417. The van der Waals surface area contributed by atoms with E-state index in [0.29, 0.717) is 13.2 Å². The molecular weight excluding hydrogens is 306 g/mol. The molecule has 1 atom stereocenters. The van der Waals surface area contributed by atoms with Gasteiger partial charge in [0.05, 0.1) is 23.8 Å². The van der Waals surface area contributed by atoms with Gasteiger partial charge >= 0.3 is 5.97 Å². The number of halogens is 1. The third-order valence-corrected chi connectivity index (χ3v) is 5.57. The number of benzene rings is 1. The van der Waals surface area contributed by atoms with Gasteiger partial charge in [-0.05, 0) is 25.1 Å². The summed E-state index contributed by atoms with van der Waals surface area (Å²) in [5.41, 5.74) is -0.117. The number of carboxylic acid groups (broad SMARTS) is 1. The predicted octanol–water partition coefficient (Wildman–Crippen LogP) is 1.45. The Morgan fingerprint density at radius 2 is 2.20 bits per heavy atom. The number of hydrogen-bond donors (Lipinski definition) is 1. The van der Waals surface area contributed by atoms with E-state index in [1.807, 2.05) is 0 Å². The number of nitrogens with zero attached hydrogens (tertiary/aromatic N) is 1. The summed E-state index contributed by atoms with van der Waals surface area (Å²) in [5.74, 6) is -1.20. The molecule has 1 saturated heterocycles. The number of sulfonamides is 1. The molecule has 1 aromatic rings. The van der Waals surface area contributed by atoms with E-state index in [1.165, 1.54) is 16.4 Å². The molecule has 0 saturated carbocycles. The van der Waals surface area contributed by atoms with Crippen molar-refractivity contribution >= 4 is 27.6 Å². The van der Waals surface area contributed by atoms with Crippen molar-refractivity contribution in [2.75, 3.05) is 19.8 Å². The minimum atomic E-state index is -3.84. The summed E-state index contributed by atoms with van der Waals surface area (Å²) >= 11 is 5.92. The number of aromatic carboxylic acids is 1. The number of rotatable bonds is 3. The van der Waals surface area contributed by atoms with Crippen LogP contribution in [-0.4, -0.2) is 49.6 Å². The highest BCUT2D eigenvalue weighted by Gasteiger charge is 2.33. The van der Waals surface area contributed by atoms with Crippen LogP contribution in [0.15, 0.2) is 23.1 Å². The van der Waals surface area contributed by atoms with Crippen LogP contribution in [0.25, 0.3) is 0 Å². The molecule has 0 bridgehead atoms. The molecule has 0 amide bonds. The van der Waals surface area contributed by atoms with Gasteiger partial charge in [-0.15, -0.1) is 0 Å². The van der Waals surface area contributed by atoms with Crippen LogP contribution in [0.2, 0.25) is 5.02 Å². The van der Waals surface area contributed by atoms with E-state index in [1.54, 1.807) is 6.92 Å². The van der Waals surface area contributed by atoms with Crippen LogP contribution in [0.1, 0.15) is 17.3 Å². The van der Waals surface area contributed by atoms with Gasteiger partial charge in [0.25, 0.3) is 0 Å². The Hall–Kier alpha value is -1.15. The third-order valence-electron chi connectivity index (χ3n) is 3.07. The summed E-state index contributed by atoms with van der Waals surface area (Å²) < 4.78 is 31.7. The second-order valence-electron chi connectivity index (χ2n) is 4.49. The summed E-state index contributed by atoms with van der Waals surface area (Å²) in [7, 11) is -3.84. The van der Waals surface area contributed by atoms with E-state index < -0.39 is 16.0 Å². The molecule has 110 valence electrons. The first-order valence-electron chi connectivity index (χ1n) is 5.96. The summed E-state index contributed by atoms with van der Waals surface area (Å²) in [6.07, 6.45) is 0. The number of hydrogen-bond acceptors (Lipinski definition) is 4. The quantitative estimate of drug-likeness (QED) is 0.911. The van der Waals surface area contributed by atoms with Gasteiger partial charge in [-0.1, -0.05) is 11.6 Å². The van der Waals surface area contributed by atoms with Crippen molar-refractivity contribution in [2.45, 2.75) is 17.9 Å². The Kier molecular flexibility index (Phi) is 4.33. The van der Waals surface area contributed by atoms with Crippen LogP contribution >= 0.6 is 11.6 Å². The molecule has 0 radical (unpaired) electrons. The smallest absolute Gasteiger partial charge is 0.335 e. The molecule has 1 unspecified atom stereocenters. The van der Waals surface area contributed by atoms with Crippen molar-refractivity contribution in [3.05, 3.63) is 28.8 Å². The molecule has 0 aromatic heterocycles. The van der Waals surface area contributed by atoms with Gasteiger partial charge in [0.1, 0.15) is 4.90 Å². The first kappa shape index (κ1) is 15.2. The molecule has 1 aliphatic heterocycles. The monoisotopic (exact) mass is 319 g/mol. The Labute approximate surface area is 122 Å². The van der Waals surface area contributed by atoms with Crippen LogP contribution < -0.4 is 0 Å². The Morgan fingerprint density at radius 3 is 2.80 bits per heavy atom. The molecule has 1 aromatic carbocycles. The van der Waals surface area contributed by atoms with Crippen molar-refractivity contribution < 1.29 is 23.1 Å². The fourth-order valence-electron chi connectivity index (χ4n) is 2.03. The Morgan fingerprint density at radius 1 is 1.50 bits per heavy atom. The number of carboxylic acids is 1. The van der Waals surface area contributed by atoms with Gasteiger partial charge in [-0.25, -0.2) is 13.2 Å². The molecule has 8 heteroatoms. The van der Waals surface area contributed by atoms with Crippen LogP contribution in [0.4, 0.5) is 0 Å². The second-order valence-corrected chi connectivity index (χ2v) is 6.76. The molecule has 6 nitrogen and oxygen atoms in total. The lowest BCUT2D eigenvalue weighted by molar-refractivity contribution is 0.0392. The summed E-state index contributed by atoms with van der Waals surface area (Å²) in [6, 6.07) is 3.32. The minimum absolute atomic E-state index is 0.00805. The predicted molar refractivity (Wildman–Crippen MR) is 72.6 cm³/mol. The zero-order valence-electron chi connectivity index (χ0n) is 10.7. The van der Waals surface area contributed by atoms with E-state index in [4.69, 9.17) is 21.4 Å². The van der Waals surface area contributed by atoms with Crippen LogP contribution in [0, 0.1) is 0 Å². The minimum Gasteiger partial charge on any atom is -0.478 e. The van der Waals surface area contributed by atoms with E-state index in [2.05, 4.69) is 0 Å². The van der Waals surface area contributed by atoms with Crippen LogP contribution in [0.3, 0.4) is 0 Å². The van der Waals surface area contributed by atoms with Crippen molar-refractivity contribution in [3.8, 4) is 0 Å². The van der Waals surface area contributed by atoms with Crippen molar-refractivity contribution in [1.29, 1.82) is 0 Å². The number of morpholine rings is 1. The highest BCUT2D eigenvalue weighted by Crippen LogP contribution is 2.28. The van der Waals surface area contributed by atoms with Crippen molar-refractivity contribution in [2.24, 2.45) is 0 Å². The van der Waals surface area contributed by atoms with Crippen molar-refractivity contribution in [3.63, 3.8) is 0 Å². The SMILES string of the molecule is CC1COCCN1S(=O)(=O)c1cc(C(=O)O)ccc1Cl. The lowest BCUT2D eigenvalue weighted by atomic mass is 10.2. The van der Waals surface area contributed by atoms with Crippen molar-refractivity contribution in [1.82, 2.24) is 4.31 Å². The first-order valence-corrected chi connectivity index (χ1v) is 7.78.